The third-order valence-electron chi connectivity index (χ3n) is 2.98. The SMILES string of the molecule is COc1ccc(C2=CSc3nnc(CCN)n3N2)cc1. The van der Waals surface area contributed by atoms with Crippen LogP contribution in [0.5, 0.6) is 5.75 Å². The third-order valence-corrected chi connectivity index (χ3v) is 3.81. The molecule has 0 aliphatic carbocycles. The van der Waals surface area contributed by atoms with E-state index in [4.69, 9.17) is 10.5 Å². The molecule has 1 aliphatic heterocycles. The van der Waals surface area contributed by atoms with Crippen molar-refractivity contribution in [1.29, 1.82) is 0 Å². The molecule has 2 aromatic rings. The Morgan fingerprint density at radius 1 is 1.30 bits per heavy atom. The normalized spacial score (nSPS) is 13.4. The molecule has 0 saturated carbocycles. The predicted octanol–water partition coefficient (Wildman–Crippen LogP) is 1.44. The quantitative estimate of drug-likeness (QED) is 0.886. The van der Waals surface area contributed by atoms with Crippen LogP contribution in [0.25, 0.3) is 5.70 Å². The predicted molar refractivity (Wildman–Crippen MR) is 79.0 cm³/mol. The molecule has 0 amide bonds. The van der Waals surface area contributed by atoms with Gasteiger partial charge in [-0.3, -0.25) is 5.43 Å². The van der Waals surface area contributed by atoms with Crippen molar-refractivity contribution in [2.24, 2.45) is 5.73 Å². The second kappa shape index (κ2) is 5.56. The Kier molecular flexibility index (Phi) is 3.62. The fraction of sp³-hybridized carbons (Fsp3) is 0.231. The van der Waals surface area contributed by atoms with Crippen molar-refractivity contribution in [3.63, 3.8) is 0 Å². The van der Waals surface area contributed by atoms with Crippen LogP contribution in [0.2, 0.25) is 0 Å². The lowest BCUT2D eigenvalue weighted by atomic mass is 10.2. The number of rotatable bonds is 4. The highest BCUT2D eigenvalue weighted by Gasteiger charge is 2.17. The van der Waals surface area contributed by atoms with Gasteiger partial charge in [0.15, 0.2) is 5.82 Å². The Labute approximate surface area is 121 Å². The summed E-state index contributed by atoms with van der Waals surface area (Å²) < 4.78 is 7.05. The summed E-state index contributed by atoms with van der Waals surface area (Å²) in [6.45, 7) is 0.548. The molecule has 20 heavy (non-hydrogen) atoms. The number of ether oxygens (including phenoxy) is 1. The first-order valence-electron chi connectivity index (χ1n) is 6.24. The van der Waals surface area contributed by atoms with Gasteiger partial charge in [0, 0.05) is 17.4 Å². The molecule has 1 aromatic carbocycles. The van der Waals surface area contributed by atoms with E-state index in [1.807, 2.05) is 34.3 Å². The number of methoxy groups -OCH3 is 1. The van der Waals surface area contributed by atoms with Crippen LogP contribution in [0.15, 0.2) is 34.8 Å². The summed E-state index contributed by atoms with van der Waals surface area (Å²) in [5, 5.41) is 11.1. The minimum Gasteiger partial charge on any atom is -0.497 e. The summed E-state index contributed by atoms with van der Waals surface area (Å²) in [7, 11) is 1.66. The van der Waals surface area contributed by atoms with Crippen LogP contribution < -0.4 is 15.9 Å². The molecule has 1 aliphatic rings. The molecule has 3 N–H and O–H groups in total. The fourth-order valence-electron chi connectivity index (χ4n) is 1.94. The minimum absolute atomic E-state index is 0.548. The van der Waals surface area contributed by atoms with Gasteiger partial charge in [-0.25, -0.2) is 4.68 Å². The zero-order valence-electron chi connectivity index (χ0n) is 11.0. The van der Waals surface area contributed by atoms with Crippen molar-refractivity contribution in [1.82, 2.24) is 14.9 Å². The van der Waals surface area contributed by atoms with E-state index < -0.39 is 0 Å². The van der Waals surface area contributed by atoms with Gasteiger partial charge in [0.2, 0.25) is 5.16 Å². The van der Waals surface area contributed by atoms with E-state index in [1.165, 1.54) is 0 Å². The molecule has 0 unspecified atom stereocenters. The Morgan fingerprint density at radius 2 is 2.10 bits per heavy atom. The lowest BCUT2D eigenvalue weighted by Crippen LogP contribution is -2.21. The smallest absolute Gasteiger partial charge is 0.214 e. The Morgan fingerprint density at radius 3 is 2.80 bits per heavy atom. The zero-order chi connectivity index (χ0) is 13.9. The van der Waals surface area contributed by atoms with Crippen molar-refractivity contribution >= 4 is 17.5 Å². The lowest BCUT2D eigenvalue weighted by molar-refractivity contribution is 0.415. The maximum atomic E-state index is 5.59. The molecule has 0 atom stereocenters. The van der Waals surface area contributed by atoms with E-state index in [0.29, 0.717) is 13.0 Å². The summed E-state index contributed by atoms with van der Waals surface area (Å²) in [6, 6.07) is 7.89. The van der Waals surface area contributed by atoms with E-state index in [1.54, 1.807) is 18.9 Å². The number of nitrogens with one attached hydrogen (secondary N) is 1. The van der Waals surface area contributed by atoms with E-state index >= 15 is 0 Å². The number of aromatic nitrogens is 3. The van der Waals surface area contributed by atoms with Crippen molar-refractivity contribution in [3.8, 4) is 5.75 Å². The first-order valence-corrected chi connectivity index (χ1v) is 7.12. The molecule has 2 heterocycles. The van der Waals surface area contributed by atoms with Gasteiger partial charge >= 0.3 is 0 Å². The Bertz CT molecular complexity index is 635. The Hall–Kier alpha value is -1.99. The number of nitrogens with two attached hydrogens (primary N) is 1. The van der Waals surface area contributed by atoms with Gasteiger partial charge in [-0.15, -0.1) is 10.2 Å². The zero-order valence-corrected chi connectivity index (χ0v) is 11.9. The molecule has 6 nitrogen and oxygen atoms in total. The van der Waals surface area contributed by atoms with E-state index in [-0.39, 0.29) is 0 Å². The summed E-state index contributed by atoms with van der Waals surface area (Å²) in [4.78, 5) is 0. The molecule has 0 saturated heterocycles. The molecular weight excluding hydrogens is 274 g/mol. The highest BCUT2D eigenvalue weighted by Crippen LogP contribution is 2.29. The van der Waals surface area contributed by atoms with Crippen molar-refractivity contribution < 1.29 is 4.74 Å². The van der Waals surface area contributed by atoms with E-state index in [0.717, 1.165) is 28.0 Å². The molecule has 1 aromatic heterocycles. The van der Waals surface area contributed by atoms with Crippen LogP contribution in [-0.2, 0) is 6.42 Å². The maximum Gasteiger partial charge on any atom is 0.214 e. The van der Waals surface area contributed by atoms with Crippen molar-refractivity contribution in [2.45, 2.75) is 11.6 Å². The summed E-state index contributed by atoms with van der Waals surface area (Å²) in [5.41, 5.74) is 11.0. The Balaban J connectivity index is 1.85. The van der Waals surface area contributed by atoms with Crippen LogP contribution in [0.3, 0.4) is 0 Å². The molecule has 0 spiro atoms. The lowest BCUT2D eigenvalue weighted by Gasteiger charge is -2.19. The summed E-state index contributed by atoms with van der Waals surface area (Å²) in [5.74, 6) is 1.68. The number of hydrogen-bond acceptors (Lipinski definition) is 6. The van der Waals surface area contributed by atoms with Gasteiger partial charge in [0.1, 0.15) is 5.75 Å². The van der Waals surface area contributed by atoms with Gasteiger partial charge in [0.25, 0.3) is 0 Å². The van der Waals surface area contributed by atoms with Crippen molar-refractivity contribution in [3.05, 3.63) is 41.1 Å². The average molecular weight is 289 g/mol. The van der Waals surface area contributed by atoms with Crippen LogP contribution >= 0.6 is 11.8 Å². The van der Waals surface area contributed by atoms with Crippen LogP contribution in [0.4, 0.5) is 0 Å². The van der Waals surface area contributed by atoms with E-state index in [2.05, 4.69) is 15.6 Å². The number of hydrogen-bond donors (Lipinski definition) is 2. The third kappa shape index (κ3) is 2.37. The second-order valence-electron chi connectivity index (χ2n) is 4.26. The number of thioether (sulfide) groups is 1. The number of benzene rings is 1. The standard InChI is InChI=1S/C13H15N5OS/c1-19-10-4-2-9(3-5-10)11-8-20-13-16-15-12(6-7-14)18(13)17-11/h2-5,8,17H,6-7,14H2,1H3. The van der Waals surface area contributed by atoms with Crippen LogP contribution in [0, 0.1) is 0 Å². The molecule has 7 heteroatoms. The highest BCUT2D eigenvalue weighted by atomic mass is 32.2. The van der Waals surface area contributed by atoms with Gasteiger partial charge in [-0.2, -0.15) is 0 Å². The van der Waals surface area contributed by atoms with Crippen molar-refractivity contribution in [2.75, 3.05) is 19.1 Å². The second-order valence-corrected chi connectivity index (χ2v) is 5.10. The molecule has 3 rings (SSSR count). The van der Waals surface area contributed by atoms with Crippen LogP contribution in [-0.4, -0.2) is 28.5 Å². The largest absolute Gasteiger partial charge is 0.497 e. The molecule has 0 fully saturated rings. The summed E-state index contributed by atoms with van der Waals surface area (Å²) >= 11 is 1.54. The minimum atomic E-state index is 0.548. The summed E-state index contributed by atoms with van der Waals surface area (Å²) in [6.07, 6.45) is 0.691. The molecule has 104 valence electrons. The number of nitrogens with zero attached hydrogens (tertiary/aromatic N) is 3. The molecule has 0 radical (unpaired) electrons. The fourth-order valence-corrected chi connectivity index (χ4v) is 2.70. The van der Waals surface area contributed by atoms with Gasteiger partial charge in [0.05, 0.1) is 12.8 Å². The van der Waals surface area contributed by atoms with E-state index in [9.17, 15) is 0 Å². The highest BCUT2D eigenvalue weighted by molar-refractivity contribution is 8.02. The molecular formula is C13H15N5OS. The topological polar surface area (TPSA) is 78.0 Å². The van der Waals surface area contributed by atoms with Gasteiger partial charge < -0.3 is 10.5 Å². The number of fused-ring (bicyclic) bond motifs is 1. The van der Waals surface area contributed by atoms with Gasteiger partial charge in [-0.1, -0.05) is 11.8 Å². The maximum absolute atomic E-state index is 5.59. The van der Waals surface area contributed by atoms with Crippen LogP contribution in [0.1, 0.15) is 11.4 Å². The molecule has 0 bridgehead atoms. The average Bonchev–Trinajstić information content (AvgIpc) is 2.90. The van der Waals surface area contributed by atoms with Gasteiger partial charge in [-0.05, 0) is 30.8 Å². The first-order chi connectivity index (χ1) is 9.81. The monoisotopic (exact) mass is 289 g/mol. The first kappa shape index (κ1) is 13.0.